The number of likely N-dealkylation sites (N-methyl/N-ethyl adjacent to an activating group) is 1. The third kappa shape index (κ3) is 4.07. The average molecular weight is 481 g/mol. The number of esters is 1. The molecule has 4 aliphatic rings. The van der Waals surface area contributed by atoms with Gasteiger partial charge < -0.3 is 15.0 Å². The Kier molecular flexibility index (Phi) is 6.85. The highest BCUT2D eigenvalue weighted by Crippen LogP contribution is 2.68. The van der Waals surface area contributed by atoms with Gasteiger partial charge in [0.15, 0.2) is 0 Å². The Morgan fingerprint density at radius 1 is 0.943 bits per heavy atom. The first kappa shape index (κ1) is 25.3. The SMILES string of the molecule is CNC1CCC2(C)C3CCC4(C)C(CCC4C(C)N(C)C)C3CCC2C1OC(=O)c1ccccc1. The van der Waals surface area contributed by atoms with E-state index in [-0.39, 0.29) is 23.5 Å². The Balaban J connectivity index is 1.38. The van der Waals surface area contributed by atoms with E-state index < -0.39 is 0 Å². The summed E-state index contributed by atoms with van der Waals surface area (Å²) in [5.41, 5.74) is 1.42. The van der Waals surface area contributed by atoms with Crippen molar-refractivity contribution < 1.29 is 9.53 Å². The largest absolute Gasteiger partial charge is 0.457 e. The van der Waals surface area contributed by atoms with E-state index in [1.165, 1.54) is 44.9 Å². The monoisotopic (exact) mass is 480 g/mol. The number of rotatable bonds is 5. The molecule has 0 radical (unpaired) electrons. The van der Waals surface area contributed by atoms with Gasteiger partial charge in [0.25, 0.3) is 0 Å². The molecule has 0 spiro atoms. The molecule has 10 unspecified atom stereocenters. The normalized spacial score (nSPS) is 43.7. The lowest BCUT2D eigenvalue weighted by Crippen LogP contribution is -2.61. The molecule has 4 heteroatoms. The quantitative estimate of drug-likeness (QED) is 0.523. The molecule has 1 N–H and O–H groups in total. The van der Waals surface area contributed by atoms with Crippen molar-refractivity contribution in [2.45, 2.75) is 90.3 Å². The molecule has 0 saturated heterocycles. The van der Waals surface area contributed by atoms with Crippen LogP contribution < -0.4 is 5.32 Å². The second-order valence-corrected chi connectivity index (χ2v) is 13.2. The van der Waals surface area contributed by atoms with Crippen molar-refractivity contribution in [3.63, 3.8) is 0 Å². The minimum atomic E-state index is -0.158. The summed E-state index contributed by atoms with van der Waals surface area (Å²) >= 11 is 0. The van der Waals surface area contributed by atoms with Gasteiger partial charge in [-0.25, -0.2) is 4.79 Å². The summed E-state index contributed by atoms with van der Waals surface area (Å²) < 4.78 is 6.37. The van der Waals surface area contributed by atoms with Crippen LogP contribution in [0, 0.1) is 40.4 Å². The summed E-state index contributed by atoms with van der Waals surface area (Å²) in [5, 5.41) is 3.52. The van der Waals surface area contributed by atoms with Gasteiger partial charge in [-0.1, -0.05) is 32.0 Å². The molecule has 0 aliphatic heterocycles. The van der Waals surface area contributed by atoms with Gasteiger partial charge in [-0.2, -0.15) is 0 Å². The summed E-state index contributed by atoms with van der Waals surface area (Å²) in [7, 11) is 6.56. The summed E-state index contributed by atoms with van der Waals surface area (Å²) in [5.74, 6) is 3.57. The van der Waals surface area contributed by atoms with Crippen molar-refractivity contribution in [3.05, 3.63) is 35.9 Å². The molecule has 10 atom stereocenters. The third-order valence-electron chi connectivity index (χ3n) is 11.8. The number of carbonyl (C=O) groups is 1. The lowest BCUT2D eigenvalue weighted by Gasteiger charge is -2.62. The van der Waals surface area contributed by atoms with Gasteiger partial charge in [0.2, 0.25) is 0 Å². The van der Waals surface area contributed by atoms with Gasteiger partial charge in [-0.15, -0.1) is 0 Å². The Morgan fingerprint density at radius 2 is 1.60 bits per heavy atom. The van der Waals surface area contributed by atoms with E-state index in [4.69, 9.17) is 4.74 Å². The molecule has 1 aromatic carbocycles. The van der Waals surface area contributed by atoms with Crippen molar-refractivity contribution in [2.75, 3.05) is 21.1 Å². The molecule has 0 amide bonds. The average Bonchev–Trinajstić information content (AvgIpc) is 3.21. The second kappa shape index (κ2) is 9.49. The van der Waals surface area contributed by atoms with Crippen molar-refractivity contribution in [2.24, 2.45) is 40.4 Å². The molecule has 4 nitrogen and oxygen atoms in total. The fourth-order valence-corrected chi connectivity index (χ4v) is 9.74. The van der Waals surface area contributed by atoms with Gasteiger partial charge in [0.05, 0.1) is 5.56 Å². The summed E-state index contributed by atoms with van der Waals surface area (Å²) in [6.45, 7) is 7.66. The zero-order chi connectivity index (χ0) is 25.0. The van der Waals surface area contributed by atoms with Gasteiger partial charge >= 0.3 is 5.97 Å². The predicted octanol–water partition coefficient (Wildman–Crippen LogP) is 6.02. The predicted molar refractivity (Wildman–Crippen MR) is 142 cm³/mol. The van der Waals surface area contributed by atoms with E-state index in [9.17, 15) is 4.79 Å². The maximum absolute atomic E-state index is 13.1. The topological polar surface area (TPSA) is 41.6 Å². The zero-order valence-corrected chi connectivity index (χ0v) is 22.9. The van der Waals surface area contributed by atoms with Crippen LogP contribution in [-0.2, 0) is 4.74 Å². The highest BCUT2D eigenvalue weighted by Gasteiger charge is 2.62. The number of hydrogen-bond acceptors (Lipinski definition) is 4. The molecule has 0 heterocycles. The minimum Gasteiger partial charge on any atom is -0.457 e. The fourth-order valence-electron chi connectivity index (χ4n) is 9.74. The number of fused-ring (bicyclic) bond motifs is 5. The van der Waals surface area contributed by atoms with Gasteiger partial charge in [0, 0.05) is 18.0 Å². The maximum Gasteiger partial charge on any atom is 0.338 e. The van der Waals surface area contributed by atoms with Crippen molar-refractivity contribution >= 4 is 5.97 Å². The number of nitrogens with zero attached hydrogens (tertiary/aromatic N) is 1. The lowest BCUT2D eigenvalue weighted by molar-refractivity contribution is -0.154. The zero-order valence-electron chi connectivity index (χ0n) is 22.9. The maximum atomic E-state index is 13.1. The molecule has 0 aromatic heterocycles. The van der Waals surface area contributed by atoms with E-state index in [0.29, 0.717) is 22.9 Å². The highest BCUT2D eigenvalue weighted by molar-refractivity contribution is 5.89. The smallest absolute Gasteiger partial charge is 0.338 e. The molecule has 194 valence electrons. The Labute approximate surface area is 213 Å². The number of ether oxygens (including phenoxy) is 1. The van der Waals surface area contributed by atoms with Crippen LogP contribution in [0.15, 0.2) is 30.3 Å². The molecule has 4 saturated carbocycles. The van der Waals surface area contributed by atoms with E-state index in [2.05, 4.69) is 45.1 Å². The van der Waals surface area contributed by atoms with Crippen LogP contribution in [0.5, 0.6) is 0 Å². The first-order chi connectivity index (χ1) is 16.7. The Bertz CT molecular complexity index is 903. The number of hydrogen-bond donors (Lipinski definition) is 1. The van der Waals surface area contributed by atoms with Crippen LogP contribution >= 0.6 is 0 Å². The number of nitrogens with one attached hydrogen (secondary N) is 1. The van der Waals surface area contributed by atoms with Crippen LogP contribution in [-0.4, -0.2) is 50.2 Å². The van der Waals surface area contributed by atoms with Crippen LogP contribution in [0.25, 0.3) is 0 Å². The molecule has 4 fully saturated rings. The summed E-state index contributed by atoms with van der Waals surface area (Å²) in [6, 6.07) is 10.5. The van der Waals surface area contributed by atoms with Gasteiger partial charge in [-0.05, 0) is 126 Å². The van der Waals surface area contributed by atoms with Crippen molar-refractivity contribution in [3.8, 4) is 0 Å². The van der Waals surface area contributed by atoms with E-state index in [0.717, 1.165) is 30.1 Å². The summed E-state index contributed by atoms with van der Waals surface area (Å²) in [6.07, 6.45) is 10.3. The second-order valence-electron chi connectivity index (χ2n) is 13.2. The standard InChI is InChI=1S/C31H48N2O2/c1-20(33(5)6)23-14-15-24-22-12-13-26-28(35-29(34)21-10-8-7-9-11-21)27(32-4)17-19-31(26,3)25(22)16-18-30(23,24)2/h7-11,20,22-28,32H,12-19H2,1-6H3. The fraction of sp³-hybridized carbons (Fsp3) is 0.774. The van der Waals surface area contributed by atoms with Crippen LogP contribution in [0.2, 0.25) is 0 Å². The third-order valence-corrected chi connectivity index (χ3v) is 11.8. The Morgan fingerprint density at radius 3 is 2.29 bits per heavy atom. The molecular formula is C31H48N2O2. The van der Waals surface area contributed by atoms with E-state index >= 15 is 0 Å². The summed E-state index contributed by atoms with van der Waals surface area (Å²) in [4.78, 5) is 15.6. The van der Waals surface area contributed by atoms with Gasteiger partial charge in [-0.3, -0.25) is 0 Å². The highest BCUT2D eigenvalue weighted by atomic mass is 16.5. The lowest BCUT2D eigenvalue weighted by atomic mass is 9.44. The number of benzene rings is 1. The van der Waals surface area contributed by atoms with Gasteiger partial charge in [0.1, 0.15) is 6.10 Å². The van der Waals surface area contributed by atoms with Crippen molar-refractivity contribution in [1.29, 1.82) is 0 Å². The number of carbonyl (C=O) groups excluding carboxylic acids is 1. The molecule has 0 bridgehead atoms. The van der Waals surface area contributed by atoms with Crippen LogP contribution in [0.3, 0.4) is 0 Å². The Hall–Kier alpha value is -1.39. The molecule has 4 aliphatic carbocycles. The first-order valence-corrected chi connectivity index (χ1v) is 14.3. The molecular weight excluding hydrogens is 432 g/mol. The first-order valence-electron chi connectivity index (χ1n) is 14.3. The molecule has 1 aromatic rings. The van der Waals surface area contributed by atoms with E-state index in [1.807, 2.05) is 37.4 Å². The van der Waals surface area contributed by atoms with Crippen LogP contribution in [0.4, 0.5) is 0 Å². The molecule has 5 rings (SSSR count). The van der Waals surface area contributed by atoms with E-state index in [1.54, 1.807) is 0 Å². The minimum absolute atomic E-state index is 0.0363. The van der Waals surface area contributed by atoms with Crippen LogP contribution in [0.1, 0.15) is 82.5 Å². The molecule has 35 heavy (non-hydrogen) atoms. The van der Waals surface area contributed by atoms with Crippen molar-refractivity contribution in [1.82, 2.24) is 10.2 Å².